The molecule has 0 aliphatic carbocycles. The van der Waals surface area contributed by atoms with E-state index < -0.39 is 0 Å². The molecule has 0 spiro atoms. The van der Waals surface area contributed by atoms with Crippen LogP contribution in [-0.2, 0) is 0 Å². The van der Waals surface area contributed by atoms with E-state index in [9.17, 15) is 0 Å². The van der Waals surface area contributed by atoms with Crippen molar-refractivity contribution >= 4 is 15.9 Å². The molecular weight excluding hydrogens is 164 g/mol. The van der Waals surface area contributed by atoms with Crippen molar-refractivity contribution < 1.29 is 0 Å². The molecule has 0 rings (SSSR count). The summed E-state index contributed by atoms with van der Waals surface area (Å²) in [7, 11) is 0. The lowest BCUT2D eigenvalue weighted by molar-refractivity contribution is 0.887. The van der Waals surface area contributed by atoms with E-state index in [1.165, 1.54) is 5.92 Å². The van der Waals surface area contributed by atoms with E-state index in [4.69, 9.17) is 0 Å². The van der Waals surface area contributed by atoms with Gasteiger partial charge in [-0.2, -0.15) is 0 Å². The zero-order valence-electron chi connectivity index (χ0n) is 5.45. The van der Waals surface area contributed by atoms with Crippen molar-refractivity contribution in [1.29, 1.82) is 0 Å². The molecule has 0 aliphatic heterocycles. The number of hydrogen-bond acceptors (Lipinski definition) is 0. The number of halogens is 1. The molecule has 0 saturated carbocycles. The molecule has 0 amide bonds. The minimum absolute atomic E-state index is 0.528. The molecule has 8 heavy (non-hydrogen) atoms. The van der Waals surface area contributed by atoms with Crippen LogP contribution in [0.2, 0.25) is 0 Å². The Morgan fingerprint density at radius 3 is 2.38 bits per heavy atom. The van der Waals surface area contributed by atoms with E-state index in [0.717, 1.165) is 6.42 Å². The summed E-state index contributed by atoms with van der Waals surface area (Å²) in [5.41, 5.74) is 0. The molecule has 0 nitrogen and oxygen atoms in total. The number of alkyl halides is 1. The topological polar surface area (TPSA) is 0 Å². The van der Waals surface area contributed by atoms with E-state index >= 15 is 0 Å². The maximum atomic E-state index is 3.64. The quantitative estimate of drug-likeness (QED) is 0.458. The van der Waals surface area contributed by atoms with Crippen LogP contribution < -0.4 is 0 Å². The van der Waals surface area contributed by atoms with Crippen molar-refractivity contribution in [2.45, 2.75) is 25.1 Å². The first-order valence-corrected chi connectivity index (χ1v) is 3.65. The molecule has 47 valence electrons. The molecule has 0 saturated heterocycles. The van der Waals surface area contributed by atoms with Gasteiger partial charge in [-0.15, -0.1) is 6.58 Å². The summed E-state index contributed by atoms with van der Waals surface area (Å²) in [6, 6.07) is 0. The second kappa shape index (κ2) is 4.13. The lowest BCUT2D eigenvalue weighted by Crippen LogP contribution is -2.02. The van der Waals surface area contributed by atoms with Gasteiger partial charge in [0.2, 0.25) is 0 Å². The number of rotatable bonds is 3. The standard InChI is InChI=1S/C7H12Br/c1-4-5-7(8)6(2)3/h4,7H,1,5H2,2-3H3. The normalized spacial score (nSPS) is 14.0. The summed E-state index contributed by atoms with van der Waals surface area (Å²) in [6.07, 6.45) is 2.95. The van der Waals surface area contributed by atoms with E-state index in [-0.39, 0.29) is 0 Å². The summed E-state index contributed by atoms with van der Waals surface area (Å²) in [5, 5.41) is 0. The van der Waals surface area contributed by atoms with Crippen LogP contribution in [0.15, 0.2) is 12.7 Å². The molecule has 0 aromatic heterocycles. The molecule has 0 heterocycles. The lowest BCUT2D eigenvalue weighted by atomic mass is 10.1. The summed E-state index contributed by atoms with van der Waals surface area (Å²) < 4.78 is 0. The average Bonchev–Trinajstić information content (AvgIpc) is 1.67. The third kappa shape index (κ3) is 3.25. The van der Waals surface area contributed by atoms with Crippen LogP contribution in [0.25, 0.3) is 0 Å². The van der Waals surface area contributed by atoms with Crippen molar-refractivity contribution in [3.05, 3.63) is 18.6 Å². The first-order valence-electron chi connectivity index (χ1n) is 2.73. The van der Waals surface area contributed by atoms with Gasteiger partial charge in [-0.05, 0) is 12.3 Å². The molecule has 1 radical (unpaired) electrons. The highest BCUT2D eigenvalue weighted by atomic mass is 79.9. The summed E-state index contributed by atoms with van der Waals surface area (Å²) in [6.45, 7) is 7.87. The van der Waals surface area contributed by atoms with Gasteiger partial charge in [0.15, 0.2) is 0 Å². The molecule has 0 aromatic rings. The average molecular weight is 176 g/mol. The Kier molecular flexibility index (Phi) is 4.25. The Morgan fingerprint density at radius 2 is 2.25 bits per heavy atom. The fraction of sp³-hybridized carbons (Fsp3) is 0.571. The molecule has 0 aromatic carbocycles. The van der Waals surface area contributed by atoms with Crippen LogP contribution in [0, 0.1) is 5.92 Å². The van der Waals surface area contributed by atoms with Crippen molar-refractivity contribution in [3.63, 3.8) is 0 Å². The third-order valence-corrected chi connectivity index (χ3v) is 2.29. The number of hydrogen-bond donors (Lipinski definition) is 0. The van der Waals surface area contributed by atoms with Gasteiger partial charge in [0.05, 0.1) is 0 Å². The summed E-state index contributed by atoms with van der Waals surface area (Å²) >= 11 is 3.49. The maximum Gasteiger partial charge on any atom is 0.0236 e. The predicted octanol–water partition coefficient (Wildman–Crippen LogP) is 2.94. The molecule has 0 fully saturated rings. The minimum Gasteiger partial charge on any atom is -0.103 e. The maximum absolute atomic E-state index is 3.64. The largest absolute Gasteiger partial charge is 0.103 e. The predicted molar refractivity (Wildman–Crippen MR) is 42.1 cm³/mol. The van der Waals surface area contributed by atoms with Crippen molar-refractivity contribution in [2.24, 2.45) is 0 Å². The summed E-state index contributed by atoms with van der Waals surface area (Å²) in [5.74, 6) is 1.41. The monoisotopic (exact) mass is 175 g/mol. The van der Waals surface area contributed by atoms with Crippen molar-refractivity contribution in [2.75, 3.05) is 0 Å². The van der Waals surface area contributed by atoms with Gasteiger partial charge < -0.3 is 0 Å². The molecule has 1 heteroatoms. The van der Waals surface area contributed by atoms with Gasteiger partial charge in [-0.3, -0.25) is 0 Å². The fourth-order valence-corrected chi connectivity index (χ4v) is 0.646. The number of allylic oxidation sites excluding steroid dienone is 1. The minimum atomic E-state index is 0.528. The van der Waals surface area contributed by atoms with E-state index in [1.54, 1.807) is 0 Å². The van der Waals surface area contributed by atoms with Gasteiger partial charge in [0.25, 0.3) is 0 Å². The Balaban J connectivity index is 3.30. The zero-order valence-corrected chi connectivity index (χ0v) is 7.03. The fourth-order valence-electron chi connectivity index (χ4n) is 0.382. The third-order valence-electron chi connectivity index (χ3n) is 1.00. The van der Waals surface area contributed by atoms with E-state index in [1.807, 2.05) is 6.08 Å². The highest BCUT2D eigenvalue weighted by Gasteiger charge is 2.05. The molecule has 0 aliphatic rings. The first kappa shape index (κ1) is 8.22. The Hall–Kier alpha value is 0.220. The van der Waals surface area contributed by atoms with E-state index in [2.05, 4.69) is 36.4 Å². The van der Waals surface area contributed by atoms with Gasteiger partial charge >= 0.3 is 0 Å². The highest BCUT2D eigenvalue weighted by Crippen LogP contribution is 2.17. The second-order valence-corrected chi connectivity index (χ2v) is 3.17. The SMILES string of the molecule is C=CCC(Br)[C](C)C. The molecule has 1 unspecified atom stereocenters. The molecule has 0 bridgehead atoms. The summed E-state index contributed by atoms with van der Waals surface area (Å²) in [4.78, 5) is 0.528. The van der Waals surface area contributed by atoms with Crippen LogP contribution in [0.1, 0.15) is 20.3 Å². The smallest absolute Gasteiger partial charge is 0.0236 e. The molecule has 1 atom stereocenters. The van der Waals surface area contributed by atoms with Crippen LogP contribution >= 0.6 is 15.9 Å². The van der Waals surface area contributed by atoms with Crippen LogP contribution in [0.3, 0.4) is 0 Å². The molecule has 0 N–H and O–H groups in total. The lowest BCUT2D eigenvalue weighted by Gasteiger charge is -2.08. The van der Waals surface area contributed by atoms with Gasteiger partial charge in [0, 0.05) is 4.83 Å². The van der Waals surface area contributed by atoms with Crippen LogP contribution in [0.5, 0.6) is 0 Å². The highest BCUT2D eigenvalue weighted by molar-refractivity contribution is 9.09. The van der Waals surface area contributed by atoms with Crippen LogP contribution in [-0.4, -0.2) is 4.83 Å². The van der Waals surface area contributed by atoms with Crippen molar-refractivity contribution in [1.82, 2.24) is 0 Å². The second-order valence-electron chi connectivity index (χ2n) is 2.07. The first-order chi connectivity index (χ1) is 3.68. The zero-order chi connectivity index (χ0) is 6.57. The van der Waals surface area contributed by atoms with E-state index in [0.29, 0.717) is 4.83 Å². The van der Waals surface area contributed by atoms with Gasteiger partial charge in [0.1, 0.15) is 0 Å². The van der Waals surface area contributed by atoms with Crippen LogP contribution in [0.4, 0.5) is 0 Å². The van der Waals surface area contributed by atoms with Gasteiger partial charge in [-0.1, -0.05) is 35.9 Å². The Bertz CT molecular complexity index is 66.8. The Morgan fingerprint density at radius 1 is 1.75 bits per heavy atom. The van der Waals surface area contributed by atoms with Gasteiger partial charge in [-0.25, -0.2) is 0 Å². The Labute approximate surface area is 60.1 Å². The molecular formula is C7H12Br. The van der Waals surface area contributed by atoms with Crippen molar-refractivity contribution in [3.8, 4) is 0 Å².